The zero-order valence-electron chi connectivity index (χ0n) is 14.5. The molecule has 10 heteroatoms. The van der Waals surface area contributed by atoms with Gasteiger partial charge in [-0.2, -0.15) is 5.10 Å². The zero-order chi connectivity index (χ0) is 19.7. The van der Waals surface area contributed by atoms with Crippen LogP contribution in [-0.4, -0.2) is 38.1 Å². The smallest absolute Gasteiger partial charge is 0.249 e. The monoisotopic (exact) mass is 396 g/mol. The van der Waals surface area contributed by atoms with E-state index in [0.29, 0.717) is 10.8 Å². The molecular formula is C18H16N6O3S. The highest BCUT2D eigenvalue weighted by Gasteiger charge is 2.22. The molecule has 0 aliphatic heterocycles. The van der Waals surface area contributed by atoms with Crippen LogP contribution in [0.1, 0.15) is 6.42 Å². The van der Waals surface area contributed by atoms with E-state index in [4.69, 9.17) is 5.73 Å². The Morgan fingerprint density at radius 2 is 2.14 bits per heavy atom. The van der Waals surface area contributed by atoms with Gasteiger partial charge in [0.1, 0.15) is 11.8 Å². The maximum Gasteiger partial charge on any atom is 0.249 e. The Kier molecular flexibility index (Phi) is 4.53. The van der Waals surface area contributed by atoms with Crippen LogP contribution in [-0.2, 0) is 9.59 Å². The van der Waals surface area contributed by atoms with E-state index < -0.39 is 17.9 Å². The molecule has 0 fully saturated rings. The second-order valence-corrected chi connectivity index (χ2v) is 7.17. The van der Waals surface area contributed by atoms with Gasteiger partial charge in [-0.3, -0.25) is 14.7 Å². The topological polar surface area (TPSA) is 146 Å². The van der Waals surface area contributed by atoms with Gasteiger partial charge in [-0.15, -0.1) is 0 Å². The first kappa shape index (κ1) is 17.7. The number of aromatic amines is 1. The van der Waals surface area contributed by atoms with Crippen LogP contribution in [0.2, 0.25) is 0 Å². The van der Waals surface area contributed by atoms with Crippen molar-refractivity contribution in [3.63, 3.8) is 0 Å². The third-order valence-electron chi connectivity index (χ3n) is 4.11. The molecule has 6 N–H and O–H groups in total. The highest BCUT2D eigenvalue weighted by atomic mass is 32.1. The molecule has 0 aliphatic rings. The van der Waals surface area contributed by atoms with Gasteiger partial charge in [-0.1, -0.05) is 17.4 Å². The fraction of sp³-hybridized carbons (Fsp3) is 0.111. The highest BCUT2D eigenvalue weighted by molar-refractivity contribution is 7.23. The Bertz CT molecular complexity index is 1180. The molecule has 2 heterocycles. The van der Waals surface area contributed by atoms with Crippen LogP contribution in [0.25, 0.3) is 21.1 Å². The van der Waals surface area contributed by atoms with E-state index >= 15 is 0 Å². The molecule has 1 atom stereocenters. The van der Waals surface area contributed by atoms with Gasteiger partial charge in [0, 0.05) is 17.1 Å². The van der Waals surface area contributed by atoms with E-state index in [1.165, 1.54) is 23.5 Å². The summed E-state index contributed by atoms with van der Waals surface area (Å²) < 4.78 is 0.897. The minimum Gasteiger partial charge on any atom is -0.508 e. The second kappa shape index (κ2) is 7.16. The fourth-order valence-corrected chi connectivity index (χ4v) is 3.84. The number of nitrogens with one attached hydrogen (secondary N) is 3. The first-order chi connectivity index (χ1) is 13.5. The standard InChI is InChI=1S/C18H16N6O3S/c19-15(26)7-14(21-9-2-1-3-10(25)6-9)17(27)23-18-22-13-5-4-12-11(8-20-24-12)16(13)28-18/h1-6,8,14,21,25H,7H2,(H2,19,26)(H,20,24)(H,22,23,27). The molecule has 0 saturated heterocycles. The van der Waals surface area contributed by atoms with Crippen molar-refractivity contribution >= 4 is 55.1 Å². The van der Waals surface area contributed by atoms with Crippen LogP contribution in [0.5, 0.6) is 5.75 Å². The number of carbonyl (C=O) groups is 2. The number of fused-ring (bicyclic) bond motifs is 3. The maximum absolute atomic E-state index is 12.7. The third-order valence-corrected chi connectivity index (χ3v) is 5.13. The van der Waals surface area contributed by atoms with Crippen molar-refractivity contribution in [2.45, 2.75) is 12.5 Å². The Balaban J connectivity index is 1.58. The summed E-state index contributed by atoms with van der Waals surface area (Å²) >= 11 is 1.32. The van der Waals surface area contributed by atoms with Gasteiger partial charge in [0.15, 0.2) is 5.13 Å². The minimum atomic E-state index is -0.916. The molecule has 28 heavy (non-hydrogen) atoms. The molecule has 4 aromatic rings. The number of H-pyrrole nitrogens is 1. The van der Waals surface area contributed by atoms with Gasteiger partial charge in [0.05, 0.1) is 28.4 Å². The van der Waals surface area contributed by atoms with Crippen LogP contribution < -0.4 is 16.4 Å². The number of thiazole rings is 1. The van der Waals surface area contributed by atoms with E-state index in [9.17, 15) is 14.7 Å². The molecule has 0 aliphatic carbocycles. The maximum atomic E-state index is 12.7. The van der Waals surface area contributed by atoms with Crippen LogP contribution in [0.4, 0.5) is 10.8 Å². The summed E-state index contributed by atoms with van der Waals surface area (Å²) in [6.07, 6.45) is 1.50. The number of aromatic nitrogens is 3. The lowest BCUT2D eigenvalue weighted by Gasteiger charge is -2.17. The van der Waals surface area contributed by atoms with Gasteiger partial charge in [0.2, 0.25) is 11.8 Å². The summed E-state index contributed by atoms with van der Waals surface area (Å²) in [7, 11) is 0. The largest absolute Gasteiger partial charge is 0.508 e. The van der Waals surface area contributed by atoms with Gasteiger partial charge in [-0.05, 0) is 24.3 Å². The first-order valence-electron chi connectivity index (χ1n) is 8.37. The normalized spacial score (nSPS) is 12.1. The molecule has 2 amide bonds. The lowest BCUT2D eigenvalue weighted by atomic mass is 10.1. The predicted octanol–water partition coefficient (Wildman–Crippen LogP) is 2.17. The number of nitrogens with two attached hydrogens (primary N) is 1. The Labute approximate surface area is 162 Å². The molecule has 142 valence electrons. The predicted molar refractivity (Wildman–Crippen MR) is 107 cm³/mol. The number of amides is 2. The third kappa shape index (κ3) is 3.58. The summed E-state index contributed by atoms with van der Waals surface area (Å²) in [6.45, 7) is 0. The van der Waals surface area contributed by atoms with Crippen molar-refractivity contribution < 1.29 is 14.7 Å². The van der Waals surface area contributed by atoms with Crippen LogP contribution in [0.3, 0.4) is 0 Å². The number of rotatable bonds is 6. The van der Waals surface area contributed by atoms with Crippen LogP contribution in [0.15, 0.2) is 42.6 Å². The number of primary amides is 1. The van der Waals surface area contributed by atoms with Gasteiger partial charge in [-0.25, -0.2) is 4.98 Å². The van der Waals surface area contributed by atoms with Crippen molar-refractivity contribution in [2.24, 2.45) is 5.73 Å². The average molecular weight is 396 g/mol. The summed E-state index contributed by atoms with van der Waals surface area (Å²) in [5.74, 6) is -1.04. The first-order valence-corrected chi connectivity index (χ1v) is 9.18. The number of phenols is 1. The summed E-state index contributed by atoms with van der Waals surface area (Å²) in [5, 5.41) is 23.5. The molecule has 2 aromatic heterocycles. The summed E-state index contributed by atoms with van der Waals surface area (Å²) in [5.41, 5.74) is 7.40. The van der Waals surface area contributed by atoms with Crippen molar-refractivity contribution in [3.8, 4) is 5.75 Å². The average Bonchev–Trinajstić information content (AvgIpc) is 3.26. The molecule has 0 saturated carbocycles. The van der Waals surface area contributed by atoms with E-state index in [-0.39, 0.29) is 12.2 Å². The zero-order valence-corrected chi connectivity index (χ0v) is 15.3. The van der Waals surface area contributed by atoms with Gasteiger partial charge >= 0.3 is 0 Å². The van der Waals surface area contributed by atoms with Crippen molar-refractivity contribution in [3.05, 3.63) is 42.6 Å². The number of phenolic OH excluding ortho intramolecular Hbond substituents is 1. The molecule has 1 unspecified atom stereocenters. The van der Waals surface area contributed by atoms with Crippen molar-refractivity contribution in [1.29, 1.82) is 0 Å². The van der Waals surface area contributed by atoms with Gasteiger partial charge < -0.3 is 21.5 Å². The molecule has 4 rings (SSSR count). The molecule has 0 bridgehead atoms. The quantitative estimate of drug-likeness (QED) is 0.338. The minimum absolute atomic E-state index is 0.0403. The van der Waals surface area contributed by atoms with E-state index in [0.717, 1.165) is 21.1 Å². The van der Waals surface area contributed by atoms with E-state index in [1.54, 1.807) is 18.3 Å². The number of carbonyl (C=O) groups excluding carboxylic acids is 2. The van der Waals surface area contributed by atoms with Crippen molar-refractivity contribution in [2.75, 3.05) is 10.6 Å². The number of nitrogens with zero attached hydrogens (tertiary/aromatic N) is 2. The Morgan fingerprint density at radius 1 is 1.29 bits per heavy atom. The van der Waals surface area contributed by atoms with Crippen LogP contribution in [0, 0.1) is 0 Å². The Morgan fingerprint density at radius 3 is 2.93 bits per heavy atom. The second-order valence-electron chi connectivity index (χ2n) is 6.17. The van der Waals surface area contributed by atoms with E-state index in [2.05, 4.69) is 25.8 Å². The Hall–Kier alpha value is -3.66. The molecule has 0 spiro atoms. The molecule has 9 nitrogen and oxygen atoms in total. The van der Waals surface area contributed by atoms with Crippen LogP contribution >= 0.6 is 11.3 Å². The molecule has 0 radical (unpaired) electrons. The number of hydrogen-bond acceptors (Lipinski definition) is 7. The number of anilines is 2. The number of hydrogen-bond donors (Lipinski definition) is 5. The number of benzene rings is 2. The number of aromatic hydroxyl groups is 1. The molecular weight excluding hydrogens is 380 g/mol. The van der Waals surface area contributed by atoms with Crippen molar-refractivity contribution in [1.82, 2.24) is 15.2 Å². The van der Waals surface area contributed by atoms with Gasteiger partial charge in [0.25, 0.3) is 0 Å². The lowest BCUT2D eigenvalue weighted by Crippen LogP contribution is -2.38. The van der Waals surface area contributed by atoms with E-state index in [1.807, 2.05) is 12.1 Å². The summed E-state index contributed by atoms with van der Waals surface area (Å²) in [6, 6.07) is 9.05. The lowest BCUT2D eigenvalue weighted by molar-refractivity contribution is -0.122. The highest BCUT2D eigenvalue weighted by Crippen LogP contribution is 2.32. The summed E-state index contributed by atoms with van der Waals surface area (Å²) in [4.78, 5) is 28.6. The molecule has 2 aromatic carbocycles. The fourth-order valence-electron chi connectivity index (χ4n) is 2.86. The SMILES string of the molecule is NC(=O)CC(Nc1cccc(O)c1)C(=O)Nc1nc2ccc3[nH]ncc3c2s1.